The summed E-state index contributed by atoms with van der Waals surface area (Å²) in [6.45, 7) is 0. The number of benzene rings is 14. The van der Waals surface area contributed by atoms with Crippen molar-refractivity contribution in [3.63, 3.8) is 0 Å². The molecule has 1 spiro atoms. The van der Waals surface area contributed by atoms with Crippen molar-refractivity contribution in [1.82, 2.24) is 13.7 Å². The standard InChI is InChI=1S/C99H73N3/c1-3-23-82-76(17-1)77-18-2-4-24-83(77)96(82)64-33-37-69(38-34-64)99(88-27-11-9-25-86(88)97(53-54-97)87-26-10-12-28-89(87)99)70-43-49-75(50-44-70)102-93-32-16-8-22-81(93)85-61-66(36-52-95(85)102)65-35-51-94-84(60-65)80-21-7-15-31-92(80)101(94)74-47-41-68(42-48-74)98(71-56-62-55-63(58-71)59-72(98)57-62)67-39-45-73(46-40-67)100-90-29-13-5-19-78(90)79-20-6-14-30-91(79)100/h1-52,60-63,71-72,96H,53-59H2. The first kappa shape index (κ1) is 57.3. The van der Waals surface area contributed by atoms with Crippen molar-refractivity contribution in [3.05, 3.63) is 389 Å². The highest BCUT2D eigenvalue weighted by atomic mass is 15.0. The summed E-state index contributed by atoms with van der Waals surface area (Å²) in [6.07, 6.45) is 9.11. The van der Waals surface area contributed by atoms with E-state index in [9.17, 15) is 0 Å². The zero-order chi connectivity index (χ0) is 66.6. The second-order valence-electron chi connectivity index (χ2n) is 31.0. The van der Waals surface area contributed by atoms with Crippen LogP contribution in [0.3, 0.4) is 0 Å². The zero-order valence-corrected chi connectivity index (χ0v) is 56.9. The molecule has 484 valence electrons. The Morgan fingerprint density at radius 3 is 1.01 bits per heavy atom. The maximum absolute atomic E-state index is 2.54. The van der Waals surface area contributed by atoms with E-state index in [2.05, 4.69) is 341 Å². The van der Waals surface area contributed by atoms with Crippen molar-refractivity contribution >= 4 is 65.4 Å². The van der Waals surface area contributed by atoms with Gasteiger partial charge in [-0.25, -0.2) is 0 Å². The molecule has 0 radical (unpaired) electrons. The lowest BCUT2D eigenvalue weighted by molar-refractivity contribution is -0.0418. The third-order valence-electron chi connectivity index (χ3n) is 26.4. The smallest absolute Gasteiger partial charge is 0.0707 e. The number of rotatable bonds is 9. The molecule has 0 unspecified atom stereocenters. The molecule has 5 fully saturated rings. The van der Waals surface area contributed by atoms with Crippen LogP contribution in [0, 0.1) is 23.7 Å². The van der Waals surface area contributed by atoms with E-state index >= 15 is 0 Å². The van der Waals surface area contributed by atoms with Gasteiger partial charge in [0.25, 0.3) is 0 Å². The lowest BCUT2D eigenvalue weighted by Gasteiger charge is -2.62. The summed E-state index contributed by atoms with van der Waals surface area (Å²) < 4.78 is 7.49. The minimum atomic E-state index is -0.555. The van der Waals surface area contributed by atoms with Gasteiger partial charge in [0, 0.05) is 66.1 Å². The van der Waals surface area contributed by atoms with Gasteiger partial charge in [0.15, 0.2) is 0 Å². The molecule has 14 aromatic carbocycles. The molecule has 0 aliphatic heterocycles. The first-order valence-electron chi connectivity index (χ1n) is 37.4. The summed E-state index contributed by atoms with van der Waals surface area (Å²) in [7, 11) is 0. The van der Waals surface area contributed by atoms with E-state index < -0.39 is 5.41 Å². The van der Waals surface area contributed by atoms with Crippen LogP contribution in [-0.2, 0) is 16.2 Å². The number of hydrogen-bond acceptors (Lipinski definition) is 0. The Hall–Kier alpha value is -11.5. The minimum Gasteiger partial charge on any atom is -0.309 e. The number of aromatic nitrogens is 3. The van der Waals surface area contributed by atoms with E-state index in [0.717, 1.165) is 17.5 Å². The van der Waals surface area contributed by atoms with Gasteiger partial charge in [0.1, 0.15) is 0 Å². The minimum absolute atomic E-state index is 0.0233. The number of para-hydroxylation sites is 4. The SMILES string of the molecule is c1ccc2c(c1)-c1ccccc1C2c1ccc(C2(c3ccc(-n4c5ccccc5c5cc(-c6ccc7c(c6)c6ccccc6n7-c6ccc(C7(c8ccc(-n9c%10ccccc%10c%10ccccc%109)cc8)C8CC9CC(C8)CC7C9)cc6)ccc54)cc3)c3ccccc3C3(CC3)c3ccccc32)cc1. The molecule has 0 amide bonds. The van der Waals surface area contributed by atoms with Gasteiger partial charge >= 0.3 is 0 Å². The van der Waals surface area contributed by atoms with Crippen LogP contribution in [0.2, 0.25) is 0 Å². The summed E-state index contributed by atoms with van der Waals surface area (Å²) in [5.41, 5.74) is 31.0. The molecule has 7 aliphatic carbocycles. The van der Waals surface area contributed by atoms with Gasteiger partial charge in [-0.15, -0.1) is 0 Å². The summed E-state index contributed by atoms with van der Waals surface area (Å²) >= 11 is 0. The summed E-state index contributed by atoms with van der Waals surface area (Å²) in [4.78, 5) is 0. The molecule has 3 heterocycles. The average molecular weight is 1300 g/mol. The van der Waals surface area contributed by atoms with E-state index in [1.807, 2.05) is 0 Å². The lowest BCUT2D eigenvalue weighted by Crippen LogP contribution is -2.56. The van der Waals surface area contributed by atoms with Crippen molar-refractivity contribution < 1.29 is 0 Å². The van der Waals surface area contributed by atoms with Crippen LogP contribution in [0.15, 0.2) is 328 Å². The lowest BCUT2D eigenvalue weighted by atomic mass is 9.42. The molecule has 7 aliphatic rings. The molecular weight excluding hydrogens is 1230 g/mol. The number of hydrogen-bond donors (Lipinski definition) is 0. The Morgan fingerprint density at radius 2 is 0.598 bits per heavy atom. The topological polar surface area (TPSA) is 14.8 Å². The zero-order valence-electron chi connectivity index (χ0n) is 56.9. The Kier molecular flexibility index (Phi) is 11.9. The van der Waals surface area contributed by atoms with Gasteiger partial charge in [-0.2, -0.15) is 0 Å². The first-order valence-corrected chi connectivity index (χ1v) is 37.4. The van der Waals surface area contributed by atoms with Crippen LogP contribution in [0.1, 0.15) is 112 Å². The molecule has 3 heteroatoms. The molecule has 17 aromatic rings. The maximum Gasteiger partial charge on any atom is 0.0707 e. The molecule has 0 saturated heterocycles. The van der Waals surface area contributed by atoms with Crippen molar-refractivity contribution in [3.8, 4) is 39.3 Å². The molecule has 3 nitrogen and oxygen atoms in total. The van der Waals surface area contributed by atoms with Crippen molar-refractivity contribution in [2.24, 2.45) is 23.7 Å². The molecule has 3 aromatic heterocycles. The van der Waals surface area contributed by atoms with Gasteiger partial charge < -0.3 is 13.7 Å². The van der Waals surface area contributed by atoms with Gasteiger partial charge in [0.05, 0.1) is 38.5 Å². The monoisotopic (exact) mass is 1300 g/mol. The van der Waals surface area contributed by atoms with Gasteiger partial charge in [-0.1, -0.05) is 243 Å². The summed E-state index contributed by atoms with van der Waals surface area (Å²) in [5.74, 6) is 3.17. The van der Waals surface area contributed by atoms with Gasteiger partial charge in [0.2, 0.25) is 0 Å². The average Bonchev–Trinajstić information content (AvgIpc) is 1.54. The highest BCUT2D eigenvalue weighted by Gasteiger charge is 2.59. The maximum atomic E-state index is 2.54. The fourth-order valence-electron chi connectivity index (χ4n) is 22.4. The second kappa shape index (κ2) is 21.3. The predicted octanol–water partition coefficient (Wildman–Crippen LogP) is 24.3. The molecule has 5 saturated carbocycles. The van der Waals surface area contributed by atoms with Crippen LogP contribution in [0.25, 0.3) is 105 Å². The Labute approximate surface area is 594 Å². The predicted molar refractivity (Wildman–Crippen MR) is 420 cm³/mol. The van der Waals surface area contributed by atoms with E-state index in [4.69, 9.17) is 0 Å². The fourth-order valence-corrected chi connectivity index (χ4v) is 22.4. The molecule has 4 bridgehead atoms. The third-order valence-corrected chi connectivity index (χ3v) is 26.4. The highest BCUT2D eigenvalue weighted by molar-refractivity contribution is 6.13. The van der Waals surface area contributed by atoms with Gasteiger partial charge in [-0.3, -0.25) is 0 Å². The largest absolute Gasteiger partial charge is 0.309 e. The Balaban J connectivity index is 0.606. The second-order valence-corrected chi connectivity index (χ2v) is 31.0. The van der Waals surface area contributed by atoms with Crippen molar-refractivity contribution in [2.45, 2.75) is 67.1 Å². The van der Waals surface area contributed by atoms with E-state index in [1.165, 1.54) is 205 Å². The molecule has 102 heavy (non-hydrogen) atoms. The van der Waals surface area contributed by atoms with Crippen LogP contribution >= 0.6 is 0 Å². The summed E-state index contributed by atoms with van der Waals surface area (Å²) in [6, 6.07) is 127. The highest BCUT2D eigenvalue weighted by Crippen LogP contribution is 2.67. The van der Waals surface area contributed by atoms with E-state index in [-0.39, 0.29) is 16.7 Å². The Morgan fingerprint density at radius 1 is 0.265 bits per heavy atom. The quantitative estimate of drug-likeness (QED) is 0.137. The number of nitrogens with zero attached hydrogens (tertiary/aromatic N) is 3. The van der Waals surface area contributed by atoms with E-state index in [0.29, 0.717) is 11.8 Å². The Bertz CT molecular complexity index is 6150. The van der Waals surface area contributed by atoms with Crippen molar-refractivity contribution in [2.75, 3.05) is 0 Å². The third kappa shape index (κ3) is 7.76. The van der Waals surface area contributed by atoms with Crippen molar-refractivity contribution in [1.29, 1.82) is 0 Å². The van der Waals surface area contributed by atoms with Gasteiger partial charge in [-0.05, 0) is 237 Å². The van der Waals surface area contributed by atoms with Crippen LogP contribution in [0.4, 0.5) is 0 Å². The first-order chi connectivity index (χ1) is 50.5. The van der Waals surface area contributed by atoms with Crippen LogP contribution < -0.4 is 0 Å². The van der Waals surface area contributed by atoms with E-state index in [1.54, 1.807) is 0 Å². The number of fused-ring (bicyclic) bond motifs is 16. The summed E-state index contributed by atoms with van der Waals surface area (Å²) in [5, 5.41) is 7.65. The molecule has 0 N–H and O–H groups in total. The molecule has 24 rings (SSSR count). The van der Waals surface area contributed by atoms with Crippen LogP contribution in [0.5, 0.6) is 0 Å². The van der Waals surface area contributed by atoms with Crippen LogP contribution in [-0.4, -0.2) is 13.7 Å². The fraction of sp³-hybridized carbons (Fsp3) is 0.152. The normalized spacial score (nSPS) is 20.2. The molecular formula is C99H73N3. The molecule has 0 atom stereocenters.